The number of fused-ring (bicyclic) bond motifs is 1. The molecule has 1 unspecified atom stereocenters. The van der Waals surface area contributed by atoms with Gasteiger partial charge in [0.05, 0.1) is 0 Å². The molecule has 0 aliphatic carbocycles. The van der Waals surface area contributed by atoms with Gasteiger partial charge in [0.15, 0.2) is 0 Å². The van der Waals surface area contributed by atoms with Gasteiger partial charge in [0.25, 0.3) is 0 Å². The molecule has 0 saturated carbocycles. The predicted octanol–water partition coefficient (Wildman–Crippen LogP) is 2.91. The fraction of sp³-hybridized carbons (Fsp3) is 0.571. The van der Waals surface area contributed by atoms with Crippen molar-refractivity contribution in [2.45, 2.75) is 45.3 Å². The second-order valence-corrected chi connectivity index (χ2v) is 4.62. The van der Waals surface area contributed by atoms with Crippen molar-refractivity contribution in [3.63, 3.8) is 0 Å². The van der Waals surface area contributed by atoms with E-state index < -0.39 is 0 Å². The van der Waals surface area contributed by atoms with Crippen LogP contribution < -0.4 is 10.1 Å². The van der Waals surface area contributed by atoms with Crippen LogP contribution in [0.4, 0.5) is 4.39 Å². The van der Waals surface area contributed by atoms with E-state index in [1.165, 1.54) is 6.07 Å². The molecule has 1 N–H and O–H groups in total. The maximum Gasteiger partial charge on any atom is 0.123 e. The lowest BCUT2D eigenvalue weighted by Gasteiger charge is -2.18. The third-order valence-electron chi connectivity index (χ3n) is 3.38. The van der Waals surface area contributed by atoms with Gasteiger partial charge < -0.3 is 10.1 Å². The zero-order valence-electron chi connectivity index (χ0n) is 10.5. The summed E-state index contributed by atoms with van der Waals surface area (Å²) in [5.41, 5.74) is 0.987. The normalized spacial score (nSPS) is 18.2. The summed E-state index contributed by atoms with van der Waals surface area (Å²) in [5, 5.41) is 3.49. The predicted molar refractivity (Wildman–Crippen MR) is 66.9 cm³/mol. The van der Waals surface area contributed by atoms with E-state index in [9.17, 15) is 4.39 Å². The Labute approximate surface area is 102 Å². The topological polar surface area (TPSA) is 21.3 Å². The van der Waals surface area contributed by atoms with Crippen LogP contribution in [0.5, 0.6) is 5.75 Å². The number of rotatable bonds is 5. The van der Waals surface area contributed by atoms with Gasteiger partial charge in [-0.15, -0.1) is 0 Å². The lowest BCUT2D eigenvalue weighted by molar-refractivity contribution is 0.220. The van der Waals surface area contributed by atoms with Crippen LogP contribution >= 0.6 is 0 Å². The molecule has 2 rings (SSSR count). The monoisotopic (exact) mass is 237 g/mol. The molecule has 1 heterocycles. The summed E-state index contributed by atoms with van der Waals surface area (Å²) in [4.78, 5) is 0. The van der Waals surface area contributed by atoms with Gasteiger partial charge in [0, 0.05) is 24.6 Å². The molecule has 1 aromatic rings. The van der Waals surface area contributed by atoms with Crippen LogP contribution in [0, 0.1) is 5.82 Å². The highest BCUT2D eigenvalue weighted by Gasteiger charge is 2.23. The molecule has 1 atom stereocenters. The maximum atomic E-state index is 13.0. The molecule has 3 heteroatoms. The number of hydrogen-bond acceptors (Lipinski definition) is 2. The summed E-state index contributed by atoms with van der Waals surface area (Å²) < 4.78 is 18.8. The van der Waals surface area contributed by atoms with Crippen molar-refractivity contribution in [1.29, 1.82) is 0 Å². The van der Waals surface area contributed by atoms with E-state index in [1.54, 1.807) is 12.1 Å². The number of halogens is 1. The molecule has 0 radical (unpaired) electrons. The number of hydrogen-bond donors (Lipinski definition) is 1. The van der Waals surface area contributed by atoms with Gasteiger partial charge in [0.1, 0.15) is 17.7 Å². The van der Waals surface area contributed by atoms with Gasteiger partial charge in [-0.25, -0.2) is 4.39 Å². The Morgan fingerprint density at radius 3 is 2.88 bits per heavy atom. The number of nitrogens with one attached hydrogen (secondary N) is 1. The lowest BCUT2D eigenvalue weighted by Crippen LogP contribution is -2.36. The molecule has 0 amide bonds. The molecule has 1 aromatic carbocycles. The molecule has 0 saturated heterocycles. The van der Waals surface area contributed by atoms with Crippen LogP contribution in [0.25, 0.3) is 0 Å². The summed E-state index contributed by atoms with van der Waals surface area (Å²) in [6.07, 6.45) is 3.21. The summed E-state index contributed by atoms with van der Waals surface area (Å²) >= 11 is 0. The molecule has 17 heavy (non-hydrogen) atoms. The second-order valence-electron chi connectivity index (χ2n) is 4.62. The molecule has 0 bridgehead atoms. The fourth-order valence-corrected chi connectivity index (χ4v) is 2.28. The van der Waals surface area contributed by atoms with Crippen molar-refractivity contribution in [1.82, 2.24) is 5.32 Å². The molecule has 1 aliphatic heterocycles. The highest BCUT2D eigenvalue weighted by molar-refractivity contribution is 5.37. The Morgan fingerprint density at radius 2 is 2.18 bits per heavy atom. The lowest BCUT2D eigenvalue weighted by atomic mass is 10.1. The summed E-state index contributed by atoms with van der Waals surface area (Å²) in [5.74, 6) is 0.656. The standard InChI is InChI=1S/C14H20FNO/c1-3-12(4-2)16-9-13-8-10-7-11(15)5-6-14(10)17-13/h5-7,12-13,16H,3-4,8-9H2,1-2H3. The van der Waals surface area contributed by atoms with Gasteiger partial charge >= 0.3 is 0 Å². The molecule has 2 nitrogen and oxygen atoms in total. The quantitative estimate of drug-likeness (QED) is 0.850. The van der Waals surface area contributed by atoms with E-state index in [4.69, 9.17) is 4.74 Å². The van der Waals surface area contributed by atoms with Gasteiger partial charge in [-0.2, -0.15) is 0 Å². The van der Waals surface area contributed by atoms with Crippen molar-refractivity contribution >= 4 is 0 Å². The summed E-state index contributed by atoms with van der Waals surface area (Å²) in [7, 11) is 0. The molecule has 0 spiro atoms. The first kappa shape index (κ1) is 12.4. The largest absolute Gasteiger partial charge is 0.488 e. The Balaban J connectivity index is 1.88. The van der Waals surface area contributed by atoms with Crippen LogP contribution in [-0.4, -0.2) is 18.7 Å². The molecular formula is C14H20FNO. The van der Waals surface area contributed by atoms with Crippen molar-refractivity contribution in [2.75, 3.05) is 6.54 Å². The first-order valence-electron chi connectivity index (χ1n) is 6.41. The first-order valence-corrected chi connectivity index (χ1v) is 6.41. The minimum atomic E-state index is -0.180. The Morgan fingerprint density at radius 1 is 1.41 bits per heavy atom. The van der Waals surface area contributed by atoms with Gasteiger partial charge in [-0.1, -0.05) is 13.8 Å². The van der Waals surface area contributed by atoms with Crippen LogP contribution in [0.15, 0.2) is 18.2 Å². The van der Waals surface area contributed by atoms with Crippen LogP contribution in [0.3, 0.4) is 0 Å². The molecule has 0 aromatic heterocycles. The third-order valence-corrected chi connectivity index (χ3v) is 3.38. The smallest absolute Gasteiger partial charge is 0.123 e. The average Bonchev–Trinajstić information content (AvgIpc) is 2.72. The Bertz CT molecular complexity index is 376. The molecule has 0 fully saturated rings. The van der Waals surface area contributed by atoms with Crippen molar-refractivity contribution in [3.05, 3.63) is 29.6 Å². The van der Waals surface area contributed by atoms with Crippen LogP contribution in [0.2, 0.25) is 0 Å². The Kier molecular flexibility index (Phi) is 4.00. The maximum absolute atomic E-state index is 13.0. The molecular weight excluding hydrogens is 217 g/mol. The fourth-order valence-electron chi connectivity index (χ4n) is 2.28. The van der Waals surface area contributed by atoms with Gasteiger partial charge in [-0.05, 0) is 31.0 Å². The summed E-state index contributed by atoms with van der Waals surface area (Å²) in [6.45, 7) is 5.20. The van der Waals surface area contributed by atoms with E-state index in [0.29, 0.717) is 6.04 Å². The van der Waals surface area contributed by atoms with Crippen molar-refractivity contribution in [2.24, 2.45) is 0 Å². The highest BCUT2D eigenvalue weighted by atomic mass is 19.1. The van der Waals surface area contributed by atoms with Gasteiger partial charge in [-0.3, -0.25) is 0 Å². The van der Waals surface area contributed by atoms with Crippen molar-refractivity contribution in [3.8, 4) is 5.75 Å². The minimum absolute atomic E-state index is 0.146. The number of ether oxygens (including phenoxy) is 1. The van der Waals surface area contributed by atoms with E-state index in [2.05, 4.69) is 19.2 Å². The molecule has 94 valence electrons. The average molecular weight is 237 g/mol. The summed E-state index contributed by atoms with van der Waals surface area (Å²) in [6, 6.07) is 5.31. The van der Waals surface area contributed by atoms with Crippen LogP contribution in [-0.2, 0) is 6.42 Å². The van der Waals surface area contributed by atoms with Crippen molar-refractivity contribution < 1.29 is 9.13 Å². The van der Waals surface area contributed by atoms with E-state index in [0.717, 1.165) is 37.1 Å². The van der Waals surface area contributed by atoms with E-state index >= 15 is 0 Å². The second kappa shape index (κ2) is 5.50. The zero-order valence-corrected chi connectivity index (χ0v) is 10.5. The third kappa shape index (κ3) is 2.97. The van der Waals surface area contributed by atoms with Gasteiger partial charge in [0.2, 0.25) is 0 Å². The minimum Gasteiger partial charge on any atom is -0.488 e. The SMILES string of the molecule is CCC(CC)NCC1Cc2cc(F)ccc2O1. The highest BCUT2D eigenvalue weighted by Crippen LogP contribution is 2.28. The first-order chi connectivity index (χ1) is 8.22. The zero-order chi connectivity index (χ0) is 12.3. The van der Waals surface area contributed by atoms with Crippen LogP contribution in [0.1, 0.15) is 32.3 Å². The Hall–Kier alpha value is -1.09. The van der Waals surface area contributed by atoms with E-state index in [-0.39, 0.29) is 11.9 Å². The number of benzene rings is 1. The van der Waals surface area contributed by atoms with E-state index in [1.807, 2.05) is 0 Å². The molecule has 1 aliphatic rings.